The molecule has 2 N–H and O–H groups in total. The van der Waals surface area contributed by atoms with Crippen LogP contribution in [-0.4, -0.2) is 50.1 Å². The highest BCUT2D eigenvalue weighted by Crippen LogP contribution is 2.40. The van der Waals surface area contributed by atoms with Crippen LogP contribution in [0.2, 0.25) is 10.0 Å². The average Bonchev–Trinajstić information content (AvgIpc) is 2.70. The fourth-order valence-corrected chi connectivity index (χ4v) is 4.25. The Hall–Kier alpha value is -2.28. The molecule has 8 heteroatoms. The molecule has 0 aliphatic carbocycles. The van der Waals surface area contributed by atoms with Crippen LogP contribution in [0.5, 0.6) is 0 Å². The van der Waals surface area contributed by atoms with Gasteiger partial charge in [0.1, 0.15) is 6.04 Å². The maximum Gasteiger partial charge on any atom is 0.328 e. The Kier molecular flexibility index (Phi) is 8.18. The maximum atomic E-state index is 12.7. The zero-order valence-electron chi connectivity index (χ0n) is 17.7. The normalized spacial score (nSPS) is 17.6. The highest BCUT2D eigenvalue weighted by atomic mass is 35.5. The second kappa shape index (κ2) is 10.8. The summed E-state index contributed by atoms with van der Waals surface area (Å²) in [4.78, 5) is 27.4. The van der Waals surface area contributed by atoms with Crippen molar-refractivity contribution < 1.29 is 14.3 Å². The molecule has 0 spiro atoms. The van der Waals surface area contributed by atoms with E-state index in [0.717, 1.165) is 24.1 Å². The molecular weight excluding hydrogens is 437 g/mol. The SMILES string of the molecule is CN(C)CCCOC(=O)C1CC(NC(=O)Cc2ccccc2)c2c(Cl)cc(Cl)cc2N1. The van der Waals surface area contributed by atoms with Crippen molar-refractivity contribution in [1.82, 2.24) is 10.2 Å². The molecule has 31 heavy (non-hydrogen) atoms. The summed E-state index contributed by atoms with van der Waals surface area (Å²) in [6.07, 6.45) is 1.32. The van der Waals surface area contributed by atoms with Crippen LogP contribution in [0.3, 0.4) is 0 Å². The van der Waals surface area contributed by atoms with Crippen molar-refractivity contribution in [3.05, 3.63) is 63.6 Å². The number of halogens is 2. The fourth-order valence-electron chi connectivity index (χ4n) is 3.63. The van der Waals surface area contributed by atoms with E-state index < -0.39 is 12.1 Å². The maximum absolute atomic E-state index is 12.7. The van der Waals surface area contributed by atoms with Crippen LogP contribution in [0, 0.1) is 0 Å². The van der Waals surface area contributed by atoms with Crippen molar-refractivity contribution in [3.8, 4) is 0 Å². The van der Waals surface area contributed by atoms with E-state index in [-0.39, 0.29) is 18.3 Å². The minimum atomic E-state index is -0.608. The molecule has 2 unspecified atom stereocenters. The zero-order valence-corrected chi connectivity index (χ0v) is 19.2. The van der Waals surface area contributed by atoms with Gasteiger partial charge in [-0.05, 0) is 38.2 Å². The van der Waals surface area contributed by atoms with Gasteiger partial charge in [0.2, 0.25) is 5.91 Å². The van der Waals surface area contributed by atoms with Crippen molar-refractivity contribution in [2.45, 2.75) is 31.3 Å². The first-order valence-electron chi connectivity index (χ1n) is 10.2. The summed E-state index contributed by atoms with van der Waals surface area (Å²) >= 11 is 12.6. The molecule has 0 saturated heterocycles. The quantitative estimate of drug-likeness (QED) is 0.455. The number of rotatable bonds is 8. The molecule has 1 amide bonds. The zero-order chi connectivity index (χ0) is 22.4. The van der Waals surface area contributed by atoms with E-state index >= 15 is 0 Å². The Labute approximate surface area is 192 Å². The Morgan fingerprint density at radius 2 is 1.94 bits per heavy atom. The van der Waals surface area contributed by atoms with Gasteiger partial charge in [-0.15, -0.1) is 0 Å². The summed E-state index contributed by atoms with van der Waals surface area (Å²) in [6.45, 7) is 1.17. The molecule has 2 atom stereocenters. The summed E-state index contributed by atoms with van der Waals surface area (Å²) in [5, 5.41) is 7.10. The molecule has 1 aliphatic rings. The third kappa shape index (κ3) is 6.60. The van der Waals surface area contributed by atoms with Crippen molar-refractivity contribution in [2.75, 3.05) is 32.6 Å². The van der Waals surface area contributed by atoms with Gasteiger partial charge in [-0.3, -0.25) is 4.79 Å². The number of hydrogen-bond donors (Lipinski definition) is 2. The molecule has 0 bridgehead atoms. The van der Waals surface area contributed by atoms with Gasteiger partial charge in [0.15, 0.2) is 0 Å². The van der Waals surface area contributed by atoms with Crippen molar-refractivity contribution >= 4 is 40.8 Å². The van der Waals surface area contributed by atoms with Crippen LogP contribution in [0.1, 0.15) is 30.0 Å². The number of fused-ring (bicyclic) bond motifs is 1. The van der Waals surface area contributed by atoms with Crippen molar-refractivity contribution in [1.29, 1.82) is 0 Å². The lowest BCUT2D eigenvalue weighted by Gasteiger charge is -2.33. The number of carbonyl (C=O) groups excluding carboxylic acids is 2. The van der Waals surface area contributed by atoms with E-state index in [4.69, 9.17) is 27.9 Å². The molecule has 1 heterocycles. The van der Waals surface area contributed by atoms with Crippen molar-refractivity contribution in [3.63, 3.8) is 0 Å². The third-order valence-corrected chi connectivity index (χ3v) is 5.60. The number of esters is 1. The van der Waals surface area contributed by atoms with E-state index in [0.29, 0.717) is 28.8 Å². The van der Waals surface area contributed by atoms with Crippen molar-refractivity contribution in [2.24, 2.45) is 0 Å². The van der Waals surface area contributed by atoms with E-state index in [1.807, 2.05) is 49.3 Å². The van der Waals surface area contributed by atoms with Crippen LogP contribution < -0.4 is 10.6 Å². The molecule has 0 radical (unpaired) electrons. The number of nitrogens with zero attached hydrogens (tertiary/aromatic N) is 1. The standard InChI is InChI=1S/C23H27Cl2N3O3/c1-28(2)9-6-10-31-23(30)20-14-19(22-17(25)12-16(24)13-18(22)26-20)27-21(29)11-15-7-4-3-5-8-15/h3-5,7-8,12-13,19-20,26H,6,9-11,14H2,1-2H3,(H,27,29). The third-order valence-electron chi connectivity index (χ3n) is 5.07. The topological polar surface area (TPSA) is 70.7 Å². The van der Waals surface area contributed by atoms with E-state index in [9.17, 15) is 9.59 Å². The van der Waals surface area contributed by atoms with Gasteiger partial charge in [-0.2, -0.15) is 0 Å². The summed E-state index contributed by atoms with van der Waals surface area (Å²) in [5.74, 6) is -0.504. The average molecular weight is 464 g/mol. The lowest BCUT2D eigenvalue weighted by Crippen LogP contribution is -2.42. The van der Waals surface area contributed by atoms with Gasteiger partial charge in [0.25, 0.3) is 0 Å². The Bertz CT molecular complexity index is 922. The molecule has 6 nitrogen and oxygen atoms in total. The van der Waals surface area contributed by atoms with E-state index in [2.05, 4.69) is 10.6 Å². The monoisotopic (exact) mass is 463 g/mol. The number of amides is 1. The van der Waals surface area contributed by atoms with Gasteiger partial charge in [0, 0.05) is 34.3 Å². The first-order valence-corrected chi connectivity index (χ1v) is 11.0. The van der Waals surface area contributed by atoms with E-state index in [1.54, 1.807) is 12.1 Å². The molecule has 1 aliphatic heterocycles. The number of carbonyl (C=O) groups is 2. The van der Waals surface area contributed by atoms with Crippen LogP contribution in [0.15, 0.2) is 42.5 Å². The number of nitrogens with one attached hydrogen (secondary N) is 2. The lowest BCUT2D eigenvalue weighted by atomic mass is 9.92. The highest BCUT2D eigenvalue weighted by molar-refractivity contribution is 6.35. The Morgan fingerprint density at radius 3 is 2.65 bits per heavy atom. The van der Waals surface area contributed by atoms with Gasteiger partial charge in [-0.1, -0.05) is 53.5 Å². The van der Waals surface area contributed by atoms with Gasteiger partial charge < -0.3 is 20.3 Å². The minimum absolute atomic E-state index is 0.145. The summed E-state index contributed by atoms with van der Waals surface area (Å²) in [5.41, 5.74) is 2.27. The molecular formula is C23H27Cl2N3O3. The molecule has 2 aromatic carbocycles. The molecule has 0 aromatic heterocycles. The second-order valence-corrected chi connectivity index (χ2v) is 8.73. The molecule has 3 rings (SSSR count). The first kappa shape index (κ1) is 23.4. The molecule has 0 saturated carbocycles. The number of anilines is 1. The van der Waals surface area contributed by atoms with Crippen LogP contribution in [-0.2, 0) is 20.7 Å². The summed E-state index contributed by atoms with van der Waals surface area (Å²) < 4.78 is 5.45. The predicted molar refractivity (Wildman–Crippen MR) is 124 cm³/mol. The highest BCUT2D eigenvalue weighted by Gasteiger charge is 2.34. The summed E-state index contributed by atoms with van der Waals surface area (Å²) in [7, 11) is 3.94. The summed E-state index contributed by atoms with van der Waals surface area (Å²) in [6, 6.07) is 11.8. The largest absolute Gasteiger partial charge is 0.464 e. The number of benzene rings is 2. The van der Waals surface area contributed by atoms with Crippen LogP contribution >= 0.6 is 23.2 Å². The first-order chi connectivity index (χ1) is 14.8. The predicted octanol–water partition coefficient (Wildman–Crippen LogP) is 4.07. The Morgan fingerprint density at radius 1 is 1.19 bits per heavy atom. The van der Waals surface area contributed by atoms with Gasteiger partial charge >= 0.3 is 5.97 Å². The molecule has 166 valence electrons. The molecule has 2 aromatic rings. The van der Waals surface area contributed by atoms with Gasteiger partial charge in [-0.25, -0.2) is 4.79 Å². The van der Waals surface area contributed by atoms with Gasteiger partial charge in [0.05, 0.1) is 19.1 Å². The number of hydrogen-bond acceptors (Lipinski definition) is 5. The lowest BCUT2D eigenvalue weighted by molar-refractivity contribution is -0.145. The van der Waals surface area contributed by atoms with Crippen LogP contribution in [0.25, 0.3) is 0 Å². The van der Waals surface area contributed by atoms with E-state index in [1.165, 1.54) is 0 Å². The second-order valence-electron chi connectivity index (χ2n) is 7.89. The van der Waals surface area contributed by atoms with Crippen LogP contribution in [0.4, 0.5) is 5.69 Å². The Balaban J connectivity index is 1.72. The number of ether oxygens (including phenoxy) is 1. The fraction of sp³-hybridized carbons (Fsp3) is 0.391. The molecule has 0 fully saturated rings. The smallest absolute Gasteiger partial charge is 0.328 e. The minimum Gasteiger partial charge on any atom is -0.464 e.